The van der Waals surface area contributed by atoms with E-state index in [1.807, 2.05) is 18.3 Å². The molecule has 0 aromatic carbocycles. The Morgan fingerprint density at radius 3 is 3.11 bits per heavy atom. The summed E-state index contributed by atoms with van der Waals surface area (Å²) in [6.45, 7) is 2.79. The molecule has 4 nitrogen and oxygen atoms in total. The molecule has 0 bridgehead atoms. The first-order valence-corrected chi connectivity index (χ1v) is 6.54. The zero-order valence-electron chi connectivity index (χ0n) is 9.92. The summed E-state index contributed by atoms with van der Waals surface area (Å²) in [6, 6.07) is 3.97. The summed E-state index contributed by atoms with van der Waals surface area (Å²) in [5.74, 6) is 0.891. The Bertz CT molecular complexity index is 663. The van der Waals surface area contributed by atoms with Crippen LogP contribution in [-0.2, 0) is 6.54 Å². The molecule has 0 fully saturated rings. The van der Waals surface area contributed by atoms with Crippen molar-refractivity contribution in [3.63, 3.8) is 0 Å². The molecule has 5 heteroatoms. The normalized spacial score (nSPS) is 10.7. The van der Waals surface area contributed by atoms with Gasteiger partial charge in [0.15, 0.2) is 0 Å². The van der Waals surface area contributed by atoms with Crippen LogP contribution in [0.4, 0.5) is 5.82 Å². The SMILES string of the molecule is Cc1csc2c(NCc3cccnc3)ncnc12. The molecule has 0 spiro atoms. The van der Waals surface area contributed by atoms with Crippen molar-refractivity contribution < 1.29 is 0 Å². The molecule has 3 rings (SSSR count). The molecule has 0 aliphatic rings. The van der Waals surface area contributed by atoms with Gasteiger partial charge in [0, 0.05) is 18.9 Å². The van der Waals surface area contributed by atoms with Crippen LogP contribution in [0.5, 0.6) is 0 Å². The van der Waals surface area contributed by atoms with Crippen molar-refractivity contribution in [1.29, 1.82) is 0 Å². The van der Waals surface area contributed by atoms with Crippen LogP contribution in [-0.4, -0.2) is 15.0 Å². The Kier molecular flexibility index (Phi) is 2.90. The van der Waals surface area contributed by atoms with Crippen LogP contribution in [0.1, 0.15) is 11.1 Å². The van der Waals surface area contributed by atoms with E-state index in [1.165, 1.54) is 5.56 Å². The molecule has 0 unspecified atom stereocenters. The maximum atomic E-state index is 4.30. The Morgan fingerprint density at radius 2 is 2.28 bits per heavy atom. The Labute approximate surface area is 109 Å². The van der Waals surface area contributed by atoms with Crippen molar-refractivity contribution in [2.75, 3.05) is 5.32 Å². The van der Waals surface area contributed by atoms with E-state index in [0.29, 0.717) is 0 Å². The van der Waals surface area contributed by atoms with E-state index in [9.17, 15) is 0 Å². The van der Waals surface area contributed by atoms with Crippen molar-refractivity contribution in [3.8, 4) is 0 Å². The lowest BCUT2D eigenvalue weighted by atomic mass is 10.3. The number of fused-ring (bicyclic) bond motifs is 1. The largest absolute Gasteiger partial charge is 0.365 e. The predicted octanol–water partition coefficient (Wildman–Crippen LogP) is 3.01. The number of nitrogens with zero attached hydrogens (tertiary/aromatic N) is 3. The number of rotatable bonds is 3. The summed E-state index contributed by atoms with van der Waals surface area (Å²) in [5.41, 5.74) is 3.36. The zero-order chi connectivity index (χ0) is 12.4. The topological polar surface area (TPSA) is 50.7 Å². The molecule has 3 aromatic heterocycles. The highest BCUT2D eigenvalue weighted by Gasteiger charge is 2.07. The monoisotopic (exact) mass is 256 g/mol. The van der Waals surface area contributed by atoms with E-state index < -0.39 is 0 Å². The fourth-order valence-electron chi connectivity index (χ4n) is 1.78. The summed E-state index contributed by atoms with van der Waals surface area (Å²) in [6.07, 6.45) is 5.23. The van der Waals surface area contributed by atoms with Crippen LogP contribution >= 0.6 is 11.3 Å². The lowest BCUT2D eigenvalue weighted by Gasteiger charge is -2.05. The fraction of sp³-hybridized carbons (Fsp3) is 0.154. The van der Waals surface area contributed by atoms with Crippen LogP contribution in [0.3, 0.4) is 0 Å². The average Bonchev–Trinajstić information content (AvgIpc) is 2.80. The van der Waals surface area contributed by atoms with Crippen LogP contribution < -0.4 is 5.32 Å². The van der Waals surface area contributed by atoms with Gasteiger partial charge in [-0.3, -0.25) is 4.98 Å². The second kappa shape index (κ2) is 4.70. The molecule has 0 aliphatic carbocycles. The van der Waals surface area contributed by atoms with Gasteiger partial charge >= 0.3 is 0 Å². The zero-order valence-corrected chi connectivity index (χ0v) is 10.7. The van der Waals surface area contributed by atoms with E-state index in [0.717, 1.165) is 28.1 Å². The first-order valence-electron chi connectivity index (χ1n) is 5.66. The Balaban J connectivity index is 1.87. The second-order valence-corrected chi connectivity index (χ2v) is 4.91. The van der Waals surface area contributed by atoms with Gasteiger partial charge in [0.25, 0.3) is 0 Å². The predicted molar refractivity (Wildman–Crippen MR) is 73.7 cm³/mol. The van der Waals surface area contributed by atoms with Gasteiger partial charge in [-0.1, -0.05) is 6.07 Å². The van der Waals surface area contributed by atoms with Gasteiger partial charge < -0.3 is 5.32 Å². The van der Waals surface area contributed by atoms with Crippen LogP contribution in [0.2, 0.25) is 0 Å². The van der Waals surface area contributed by atoms with E-state index >= 15 is 0 Å². The van der Waals surface area contributed by atoms with Crippen LogP contribution in [0, 0.1) is 6.92 Å². The molecule has 90 valence electrons. The maximum absolute atomic E-state index is 4.30. The summed E-state index contributed by atoms with van der Waals surface area (Å²) in [7, 11) is 0. The summed E-state index contributed by atoms with van der Waals surface area (Å²) in [5, 5.41) is 5.44. The number of pyridine rings is 1. The third kappa shape index (κ3) is 2.04. The third-order valence-corrected chi connectivity index (χ3v) is 3.81. The smallest absolute Gasteiger partial charge is 0.147 e. The molecule has 1 N–H and O–H groups in total. The Hall–Kier alpha value is -2.01. The summed E-state index contributed by atoms with van der Waals surface area (Å²) >= 11 is 1.67. The average molecular weight is 256 g/mol. The number of nitrogens with one attached hydrogen (secondary N) is 1. The first-order chi connectivity index (χ1) is 8.84. The van der Waals surface area contributed by atoms with Gasteiger partial charge in [0.1, 0.15) is 12.1 Å². The molecule has 0 saturated heterocycles. The van der Waals surface area contributed by atoms with Gasteiger partial charge in [0.2, 0.25) is 0 Å². The van der Waals surface area contributed by atoms with Gasteiger partial charge in [-0.2, -0.15) is 0 Å². The molecule has 0 amide bonds. The lowest BCUT2D eigenvalue weighted by Crippen LogP contribution is -2.01. The van der Waals surface area contributed by atoms with Crippen LogP contribution in [0.25, 0.3) is 10.2 Å². The van der Waals surface area contributed by atoms with Gasteiger partial charge in [-0.05, 0) is 29.5 Å². The Morgan fingerprint density at radius 1 is 1.33 bits per heavy atom. The number of anilines is 1. The second-order valence-electron chi connectivity index (χ2n) is 4.03. The van der Waals surface area contributed by atoms with Gasteiger partial charge in [0.05, 0.1) is 10.2 Å². The van der Waals surface area contributed by atoms with E-state index in [4.69, 9.17) is 0 Å². The van der Waals surface area contributed by atoms with Crippen LogP contribution in [0.15, 0.2) is 36.2 Å². The lowest BCUT2D eigenvalue weighted by molar-refractivity contribution is 1.08. The minimum absolute atomic E-state index is 0.719. The molecule has 3 heterocycles. The summed E-state index contributed by atoms with van der Waals surface area (Å²) < 4.78 is 1.11. The van der Waals surface area contributed by atoms with E-state index in [2.05, 4.69) is 32.6 Å². The fourth-order valence-corrected chi connectivity index (χ4v) is 2.75. The molecule has 0 saturated carbocycles. The first kappa shape index (κ1) is 11.1. The quantitative estimate of drug-likeness (QED) is 0.782. The van der Waals surface area contributed by atoms with Gasteiger partial charge in [-0.15, -0.1) is 11.3 Å². The molecule has 18 heavy (non-hydrogen) atoms. The molecule has 0 aliphatic heterocycles. The van der Waals surface area contributed by atoms with Crippen molar-refractivity contribution in [3.05, 3.63) is 47.4 Å². The molecular weight excluding hydrogens is 244 g/mol. The third-order valence-electron chi connectivity index (χ3n) is 2.71. The summed E-state index contributed by atoms with van der Waals surface area (Å²) in [4.78, 5) is 12.7. The van der Waals surface area contributed by atoms with Gasteiger partial charge in [-0.25, -0.2) is 9.97 Å². The number of hydrogen-bond donors (Lipinski definition) is 1. The number of thiophene rings is 1. The standard InChI is InChI=1S/C13H12N4S/c1-9-7-18-12-11(9)16-8-17-13(12)15-6-10-3-2-4-14-5-10/h2-5,7-8H,6H2,1H3,(H,15,16,17). The van der Waals surface area contributed by atoms with E-state index in [1.54, 1.807) is 23.9 Å². The number of aryl methyl sites for hydroxylation is 1. The molecule has 0 radical (unpaired) electrons. The van der Waals surface area contributed by atoms with E-state index in [-0.39, 0.29) is 0 Å². The van der Waals surface area contributed by atoms with Crippen molar-refractivity contribution in [2.24, 2.45) is 0 Å². The highest BCUT2D eigenvalue weighted by Crippen LogP contribution is 2.28. The molecule has 0 atom stereocenters. The molecular formula is C13H12N4S. The van der Waals surface area contributed by atoms with Crippen molar-refractivity contribution >= 4 is 27.4 Å². The highest BCUT2D eigenvalue weighted by molar-refractivity contribution is 7.18. The maximum Gasteiger partial charge on any atom is 0.147 e. The minimum atomic E-state index is 0.719. The minimum Gasteiger partial charge on any atom is -0.365 e. The van der Waals surface area contributed by atoms with Crippen molar-refractivity contribution in [1.82, 2.24) is 15.0 Å². The number of aromatic nitrogens is 3. The number of hydrogen-bond acceptors (Lipinski definition) is 5. The van der Waals surface area contributed by atoms with Crippen molar-refractivity contribution in [2.45, 2.75) is 13.5 Å². The molecule has 3 aromatic rings. The highest BCUT2D eigenvalue weighted by atomic mass is 32.1.